The van der Waals surface area contributed by atoms with E-state index in [4.69, 9.17) is 21.3 Å². The number of rotatable bonds is 7. The lowest BCUT2D eigenvalue weighted by Crippen LogP contribution is -2.30. The summed E-state index contributed by atoms with van der Waals surface area (Å²) < 4.78 is 5.38. The van der Waals surface area contributed by atoms with Crippen molar-refractivity contribution in [3.63, 3.8) is 0 Å². The summed E-state index contributed by atoms with van der Waals surface area (Å²) in [5.41, 5.74) is 2.10. The lowest BCUT2D eigenvalue weighted by Gasteiger charge is -2.13. The number of nitrogens with zero attached hydrogens (tertiary/aromatic N) is 2. The van der Waals surface area contributed by atoms with Gasteiger partial charge in [-0.05, 0) is 30.5 Å². The fourth-order valence-electron chi connectivity index (χ4n) is 2.92. The molecule has 0 fully saturated rings. The number of aromatic nitrogens is 2. The van der Waals surface area contributed by atoms with Crippen LogP contribution in [0.15, 0.2) is 66.2 Å². The van der Waals surface area contributed by atoms with Gasteiger partial charge in [0, 0.05) is 16.6 Å². The molecule has 0 spiro atoms. The monoisotopic (exact) mass is 483 g/mol. The van der Waals surface area contributed by atoms with E-state index in [9.17, 15) is 9.59 Å². The Kier molecular flexibility index (Phi) is 6.94. The summed E-state index contributed by atoms with van der Waals surface area (Å²) in [6.07, 6.45) is 0.541. The van der Waals surface area contributed by atoms with Crippen molar-refractivity contribution in [2.45, 2.75) is 19.4 Å². The topological polar surface area (TPSA) is 81.2 Å². The molecule has 1 amide bonds. The van der Waals surface area contributed by atoms with Crippen LogP contribution in [0.3, 0.4) is 0 Å². The van der Waals surface area contributed by atoms with Crippen LogP contribution >= 0.6 is 34.3 Å². The Bertz CT molecular complexity index is 1230. The molecule has 6 nitrogen and oxygen atoms in total. The van der Waals surface area contributed by atoms with Crippen LogP contribution in [-0.2, 0) is 20.7 Å². The molecule has 32 heavy (non-hydrogen) atoms. The standard InChI is InChI=1S/C23H18ClN3O3S2/c1-14(22(29)26-16-9-5-11-25-21(16)24)30-19(28)13-18-20(17-10-6-12-31-17)27-23(32-18)15-7-3-2-4-8-15/h2-12,14H,13H2,1H3,(H,26,29). The molecule has 3 heterocycles. The van der Waals surface area contributed by atoms with Crippen LogP contribution in [0.4, 0.5) is 5.69 Å². The Balaban J connectivity index is 1.48. The second-order valence-corrected chi connectivity index (χ2v) is 9.16. The smallest absolute Gasteiger partial charge is 0.311 e. The Labute approximate surface area is 197 Å². The van der Waals surface area contributed by atoms with E-state index >= 15 is 0 Å². The second-order valence-electron chi connectivity index (χ2n) is 6.77. The maximum Gasteiger partial charge on any atom is 0.311 e. The molecule has 4 aromatic rings. The summed E-state index contributed by atoms with van der Waals surface area (Å²) in [4.78, 5) is 35.5. The van der Waals surface area contributed by atoms with E-state index in [2.05, 4.69) is 10.3 Å². The maximum atomic E-state index is 12.7. The first kappa shape index (κ1) is 22.1. The number of pyridine rings is 1. The van der Waals surface area contributed by atoms with Crippen LogP contribution in [0.5, 0.6) is 0 Å². The zero-order valence-corrected chi connectivity index (χ0v) is 19.3. The van der Waals surface area contributed by atoms with E-state index in [0.717, 1.165) is 26.0 Å². The predicted molar refractivity (Wildman–Crippen MR) is 128 cm³/mol. The van der Waals surface area contributed by atoms with Gasteiger partial charge in [-0.15, -0.1) is 22.7 Å². The molecule has 162 valence electrons. The molecule has 1 atom stereocenters. The number of esters is 1. The Morgan fingerprint density at radius 1 is 1.12 bits per heavy atom. The minimum atomic E-state index is -0.995. The molecule has 0 aliphatic carbocycles. The molecule has 0 bridgehead atoms. The van der Waals surface area contributed by atoms with Crippen LogP contribution in [0.2, 0.25) is 5.15 Å². The average Bonchev–Trinajstić information content (AvgIpc) is 3.46. The number of halogens is 1. The molecule has 0 aliphatic rings. The van der Waals surface area contributed by atoms with Crippen molar-refractivity contribution in [2.24, 2.45) is 0 Å². The van der Waals surface area contributed by atoms with Crippen molar-refractivity contribution in [1.82, 2.24) is 9.97 Å². The van der Waals surface area contributed by atoms with Gasteiger partial charge < -0.3 is 10.1 Å². The number of hydrogen-bond acceptors (Lipinski definition) is 7. The van der Waals surface area contributed by atoms with Crippen molar-refractivity contribution in [2.75, 3.05) is 5.32 Å². The van der Waals surface area contributed by atoms with Gasteiger partial charge in [-0.25, -0.2) is 9.97 Å². The molecule has 1 unspecified atom stereocenters. The Morgan fingerprint density at radius 2 is 1.94 bits per heavy atom. The van der Waals surface area contributed by atoms with Crippen molar-refractivity contribution in [1.29, 1.82) is 0 Å². The highest BCUT2D eigenvalue weighted by atomic mass is 35.5. The third-order valence-corrected chi connectivity index (χ3v) is 6.75. The first-order valence-electron chi connectivity index (χ1n) is 9.71. The number of hydrogen-bond donors (Lipinski definition) is 1. The van der Waals surface area contributed by atoms with Crippen LogP contribution in [-0.4, -0.2) is 27.9 Å². The first-order valence-corrected chi connectivity index (χ1v) is 11.8. The number of benzene rings is 1. The molecule has 1 aromatic carbocycles. The molecule has 9 heteroatoms. The summed E-state index contributed by atoms with van der Waals surface area (Å²) in [5.74, 6) is -0.994. The van der Waals surface area contributed by atoms with Gasteiger partial charge in [0.2, 0.25) is 0 Å². The number of ether oxygens (including phenoxy) is 1. The largest absolute Gasteiger partial charge is 0.452 e. The highest BCUT2D eigenvalue weighted by Gasteiger charge is 2.22. The molecule has 1 N–H and O–H groups in total. The molecule has 4 rings (SSSR count). The van der Waals surface area contributed by atoms with E-state index < -0.39 is 18.0 Å². The summed E-state index contributed by atoms with van der Waals surface area (Å²) >= 11 is 8.97. The number of anilines is 1. The van der Waals surface area contributed by atoms with Gasteiger partial charge >= 0.3 is 5.97 Å². The lowest BCUT2D eigenvalue weighted by atomic mass is 10.2. The number of thiophene rings is 1. The summed E-state index contributed by atoms with van der Waals surface area (Å²) in [6.45, 7) is 1.51. The van der Waals surface area contributed by atoms with Crippen LogP contribution in [0.25, 0.3) is 21.1 Å². The SMILES string of the molecule is CC(OC(=O)Cc1sc(-c2ccccc2)nc1-c1cccs1)C(=O)Nc1cccnc1Cl. The molecule has 0 saturated carbocycles. The molecule has 0 radical (unpaired) electrons. The van der Waals surface area contributed by atoms with Crippen LogP contribution < -0.4 is 5.32 Å². The van der Waals surface area contributed by atoms with Gasteiger partial charge in [-0.2, -0.15) is 0 Å². The number of amides is 1. The molecule has 0 saturated heterocycles. The van der Waals surface area contributed by atoms with E-state index in [0.29, 0.717) is 5.69 Å². The fraction of sp³-hybridized carbons (Fsp3) is 0.130. The minimum Gasteiger partial charge on any atom is -0.452 e. The molecule has 3 aromatic heterocycles. The van der Waals surface area contributed by atoms with Gasteiger partial charge in [0.25, 0.3) is 5.91 Å². The number of thiazole rings is 1. The first-order chi connectivity index (χ1) is 15.5. The summed E-state index contributed by atoms with van der Waals surface area (Å²) in [6, 6.07) is 17.0. The van der Waals surface area contributed by atoms with Crippen molar-refractivity contribution in [3.8, 4) is 21.1 Å². The van der Waals surface area contributed by atoms with Gasteiger partial charge in [-0.3, -0.25) is 9.59 Å². The summed E-state index contributed by atoms with van der Waals surface area (Å²) in [5, 5.41) is 5.58. The van der Waals surface area contributed by atoms with E-state index in [-0.39, 0.29) is 11.6 Å². The predicted octanol–water partition coefficient (Wildman–Crippen LogP) is 5.70. The van der Waals surface area contributed by atoms with Crippen LogP contribution in [0, 0.1) is 0 Å². The maximum absolute atomic E-state index is 12.7. The van der Waals surface area contributed by atoms with Crippen molar-refractivity contribution >= 4 is 51.8 Å². The third kappa shape index (κ3) is 5.21. The normalized spacial score (nSPS) is 11.7. The van der Waals surface area contributed by atoms with Crippen molar-refractivity contribution < 1.29 is 14.3 Å². The number of carbonyl (C=O) groups is 2. The third-order valence-electron chi connectivity index (χ3n) is 4.47. The second kappa shape index (κ2) is 10.0. The van der Waals surface area contributed by atoms with E-state index in [1.54, 1.807) is 23.5 Å². The number of nitrogens with one attached hydrogen (secondary N) is 1. The highest BCUT2D eigenvalue weighted by Crippen LogP contribution is 2.36. The molecular weight excluding hydrogens is 466 g/mol. The zero-order valence-electron chi connectivity index (χ0n) is 16.9. The zero-order chi connectivity index (χ0) is 22.5. The Morgan fingerprint density at radius 3 is 2.66 bits per heavy atom. The van der Waals surface area contributed by atoms with E-state index in [1.807, 2.05) is 47.8 Å². The lowest BCUT2D eigenvalue weighted by molar-refractivity contribution is -0.152. The average molecular weight is 484 g/mol. The Hall–Kier alpha value is -3.07. The molecular formula is C23H18ClN3O3S2. The highest BCUT2D eigenvalue weighted by molar-refractivity contribution is 7.17. The fourth-order valence-corrected chi connectivity index (χ4v) is 4.96. The summed E-state index contributed by atoms with van der Waals surface area (Å²) in [7, 11) is 0. The van der Waals surface area contributed by atoms with Gasteiger partial charge in [-0.1, -0.05) is 48.0 Å². The van der Waals surface area contributed by atoms with Gasteiger partial charge in [0.1, 0.15) is 5.01 Å². The number of carbonyl (C=O) groups excluding carboxylic acids is 2. The van der Waals surface area contributed by atoms with E-state index in [1.165, 1.54) is 24.5 Å². The van der Waals surface area contributed by atoms with Gasteiger partial charge in [0.05, 0.1) is 22.7 Å². The molecule has 0 aliphatic heterocycles. The minimum absolute atomic E-state index is 0.0169. The van der Waals surface area contributed by atoms with Gasteiger partial charge in [0.15, 0.2) is 11.3 Å². The van der Waals surface area contributed by atoms with Crippen LogP contribution in [0.1, 0.15) is 11.8 Å². The van der Waals surface area contributed by atoms with Crippen molar-refractivity contribution in [3.05, 3.63) is 76.2 Å². The quantitative estimate of drug-likeness (QED) is 0.269.